The number of hydrogen-bond donors (Lipinski definition) is 3. The van der Waals surface area contributed by atoms with E-state index in [0.717, 1.165) is 0 Å². The molecule has 0 aliphatic carbocycles. The SMILES string of the molecule is CC(C)CO.O=C(O)CCO. The average molecular weight is 164 g/mol. The van der Waals surface area contributed by atoms with Crippen molar-refractivity contribution in [1.29, 1.82) is 0 Å². The molecule has 4 nitrogen and oxygen atoms in total. The molecular weight excluding hydrogens is 148 g/mol. The Morgan fingerprint density at radius 2 is 1.73 bits per heavy atom. The standard InChI is InChI=1S/C4H10O.C3H6O3/c1-4(2)3-5;4-2-1-3(5)6/h4-5H,3H2,1-2H3;4H,1-2H2,(H,5,6). The highest BCUT2D eigenvalue weighted by Gasteiger charge is 1.88. The first-order valence-electron chi connectivity index (χ1n) is 3.48. The molecule has 0 aromatic carbocycles. The molecule has 0 rings (SSSR count). The Balaban J connectivity index is 0. The first-order chi connectivity index (χ1) is 5.04. The minimum absolute atomic E-state index is 0.153. The van der Waals surface area contributed by atoms with E-state index in [1.54, 1.807) is 0 Å². The van der Waals surface area contributed by atoms with E-state index < -0.39 is 5.97 Å². The van der Waals surface area contributed by atoms with Gasteiger partial charge in [0.15, 0.2) is 0 Å². The third-order valence-corrected chi connectivity index (χ3v) is 0.691. The monoisotopic (exact) mass is 164 g/mol. The summed E-state index contributed by atoms with van der Waals surface area (Å²) in [6, 6.07) is 0. The number of aliphatic carboxylic acids is 1. The third kappa shape index (κ3) is 26.6. The van der Waals surface area contributed by atoms with Gasteiger partial charge in [0.25, 0.3) is 0 Å². The summed E-state index contributed by atoms with van der Waals surface area (Å²) in [5, 5.41) is 23.8. The lowest BCUT2D eigenvalue weighted by molar-refractivity contribution is -0.137. The molecule has 0 bridgehead atoms. The van der Waals surface area contributed by atoms with E-state index in [1.165, 1.54) is 0 Å². The average Bonchev–Trinajstić information content (AvgIpc) is 1.89. The number of hydrogen-bond acceptors (Lipinski definition) is 3. The highest BCUT2D eigenvalue weighted by molar-refractivity contribution is 5.66. The fourth-order valence-electron chi connectivity index (χ4n) is 0.0956. The number of carboxylic acid groups (broad SMARTS) is 1. The Morgan fingerprint density at radius 3 is 1.73 bits per heavy atom. The van der Waals surface area contributed by atoms with Gasteiger partial charge in [0, 0.05) is 6.61 Å². The van der Waals surface area contributed by atoms with Crippen molar-refractivity contribution in [2.75, 3.05) is 13.2 Å². The van der Waals surface area contributed by atoms with Gasteiger partial charge in [-0.25, -0.2) is 0 Å². The van der Waals surface area contributed by atoms with Gasteiger partial charge in [0.05, 0.1) is 13.0 Å². The van der Waals surface area contributed by atoms with Crippen LogP contribution in [0.2, 0.25) is 0 Å². The van der Waals surface area contributed by atoms with Crippen molar-refractivity contribution in [3.8, 4) is 0 Å². The molecular formula is C7H16O4. The maximum atomic E-state index is 9.44. The molecule has 11 heavy (non-hydrogen) atoms. The van der Waals surface area contributed by atoms with Crippen LogP contribution in [0.4, 0.5) is 0 Å². The summed E-state index contributed by atoms with van der Waals surface area (Å²) in [5.74, 6) is -0.521. The summed E-state index contributed by atoms with van der Waals surface area (Å²) in [4.78, 5) is 9.44. The Kier molecular flexibility index (Phi) is 11.1. The van der Waals surface area contributed by atoms with E-state index in [0.29, 0.717) is 12.5 Å². The van der Waals surface area contributed by atoms with Crippen molar-refractivity contribution >= 4 is 5.97 Å². The van der Waals surface area contributed by atoms with E-state index in [1.807, 2.05) is 13.8 Å². The van der Waals surface area contributed by atoms with Crippen LogP contribution in [0.5, 0.6) is 0 Å². The fraction of sp³-hybridized carbons (Fsp3) is 0.857. The predicted octanol–water partition coefficient (Wildman–Crippen LogP) is 0.0881. The first kappa shape index (κ1) is 13.0. The summed E-state index contributed by atoms with van der Waals surface area (Å²) in [6.07, 6.45) is -0.153. The van der Waals surface area contributed by atoms with E-state index >= 15 is 0 Å². The maximum Gasteiger partial charge on any atom is 0.305 e. The second kappa shape index (κ2) is 9.39. The second-order valence-electron chi connectivity index (χ2n) is 2.44. The van der Waals surface area contributed by atoms with E-state index in [-0.39, 0.29) is 13.0 Å². The minimum atomic E-state index is -0.961. The van der Waals surface area contributed by atoms with Gasteiger partial charge in [0.2, 0.25) is 0 Å². The zero-order chi connectivity index (χ0) is 9.28. The molecule has 0 amide bonds. The van der Waals surface area contributed by atoms with Crippen LogP contribution in [0.15, 0.2) is 0 Å². The number of aliphatic hydroxyl groups excluding tert-OH is 2. The van der Waals surface area contributed by atoms with Crippen LogP contribution in [-0.4, -0.2) is 34.5 Å². The molecule has 3 N–H and O–H groups in total. The van der Waals surface area contributed by atoms with Crippen LogP contribution in [0.25, 0.3) is 0 Å². The van der Waals surface area contributed by atoms with Crippen molar-refractivity contribution in [3.05, 3.63) is 0 Å². The normalized spacial score (nSPS) is 8.82. The first-order valence-corrected chi connectivity index (χ1v) is 3.48. The van der Waals surface area contributed by atoms with Crippen LogP contribution < -0.4 is 0 Å². The van der Waals surface area contributed by atoms with Gasteiger partial charge >= 0.3 is 5.97 Å². The Labute approximate surface area is 66.5 Å². The molecule has 0 unspecified atom stereocenters. The molecule has 0 heterocycles. The topological polar surface area (TPSA) is 77.8 Å². The van der Waals surface area contributed by atoms with Crippen molar-refractivity contribution in [2.24, 2.45) is 5.92 Å². The van der Waals surface area contributed by atoms with Crippen LogP contribution in [0.3, 0.4) is 0 Å². The Morgan fingerprint density at radius 1 is 1.36 bits per heavy atom. The van der Waals surface area contributed by atoms with E-state index in [2.05, 4.69) is 0 Å². The van der Waals surface area contributed by atoms with Gasteiger partial charge in [0.1, 0.15) is 0 Å². The molecule has 0 aliphatic heterocycles. The highest BCUT2D eigenvalue weighted by atomic mass is 16.4. The molecule has 0 fully saturated rings. The van der Waals surface area contributed by atoms with Gasteiger partial charge in [-0.05, 0) is 5.92 Å². The van der Waals surface area contributed by atoms with Crippen molar-refractivity contribution in [3.63, 3.8) is 0 Å². The van der Waals surface area contributed by atoms with Gasteiger partial charge in [-0.2, -0.15) is 0 Å². The van der Waals surface area contributed by atoms with Crippen LogP contribution in [0, 0.1) is 5.92 Å². The lowest BCUT2D eigenvalue weighted by Gasteiger charge is -1.90. The van der Waals surface area contributed by atoms with Gasteiger partial charge in [-0.1, -0.05) is 13.8 Å². The summed E-state index contributed by atoms with van der Waals surface area (Å²) >= 11 is 0. The van der Waals surface area contributed by atoms with Crippen molar-refractivity contribution in [2.45, 2.75) is 20.3 Å². The summed E-state index contributed by atoms with van der Waals surface area (Å²) in [6.45, 7) is 3.98. The second-order valence-corrected chi connectivity index (χ2v) is 2.44. The summed E-state index contributed by atoms with van der Waals surface area (Å²) in [5.41, 5.74) is 0. The van der Waals surface area contributed by atoms with E-state index in [4.69, 9.17) is 15.3 Å². The lowest BCUT2D eigenvalue weighted by atomic mass is 10.2. The van der Waals surface area contributed by atoms with Gasteiger partial charge < -0.3 is 15.3 Å². The minimum Gasteiger partial charge on any atom is -0.481 e. The molecule has 0 atom stereocenters. The maximum absolute atomic E-state index is 9.44. The Hall–Kier alpha value is -0.610. The molecule has 0 radical (unpaired) electrons. The molecule has 0 aliphatic rings. The lowest BCUT2D eigenvalue weighted by Crippen LogP contribution is -1.96. The molecule has 68 valence electrons. The fourth-order valence-corrected chi connectivity index (χ4v) is 0.0956. The van der Waals surface area contributed by atoms with E-state index in [9.17, 15) is 4.79 Å². The van der Waals surface area contributed by atoms with Crippen molar-refractivity contribution in [1.82, 2.24) is 0 Å². The van der Waals surface area contributed by atoms with Gasteiger partial charge in [-0.3, -0.25) is 4.79 Å². The third-order valence-electron chi connectivity index (χ3n) is 0.691. The molecule has 0 spiro atoms. The molecule has 0 aromatic rings. The quantitative estimate of drug-likeness (QED) is 0.552. The number of aliphatic hydroxyl groups is 2. The zero-order valence-electron chi connectivity index (χ0n) is 6.95. The Bertz CT molecular complexity index is 90.4. The zero-order valence-corrected chi connectivity index (χ0v) is 6.95. The van der Waals surface area contributed by atoms with Crippen molar-refractivity contribution < 1.29 is 20.1 Å². The predicted molar refractivity (Wildman–Crippen MR) is 41.3 cm³/mol. The summed E-state index contributed by atoms with van der Waals surface area (Å²) in [7, 11) is 0. The molecule has 0 aromatic heterocycles. The molecule has 4 heteroatoms. The smallest absolute Gasteiger partial charge is 0.305 e. The van der Waals surface area contributed by atoms with Crippen LogP contribution in [0.1, 0.15) is 20.3 Å². The van der Waals surface area contributed by atoms with Crippen LogP contribution in [-0.2, 0) is 4.79 Å². The largest absolute Gasteiger partial charge is 0.481 e. The van der Waals surface area contributed by atoms with Crippen LogP contribution >= 0.6 is 0 Å². The highest BCUT2D eigenvalue weighted by Crippen LogP contribution is 1.83. The number of carbonyl (C=O) groups is 1. The number of rotatable bonds is 3. The number of carboxylic acids is 1. The molecule has 0 saturated carbocycles. The van der Waals surface area contributed by atoms with Gasteiger partial charge in [-0.15, -0.1) is 0 Å². The molecule has 0 saturated heterocycles. The summed E-state index contributed by atoms with van der Waals surface area (Å²) < 4.78 is 0.